The summed E-state index contributed by atoms with van der Waals surface area (Å²) >= 11 is 1.89. The number of hydrogen-bond donors (Lipinski definition) is 0. The third-order valence-electron chi connectivity index (χ3n) is 6.10. The highest BCUT2D eigenvalue weighted by Gasteiger charge is 2.26. The highest BCUT2D eigenvalue weighted by molar-refractivity contribution is 7.19. The Labute approximate surface area is 164 Å². The Morgan fingerprint density at radius 1 is 1.04 bits per heavy atom. The fraction of sp³-hybridized carbons (Fsp3) is 0.455. The molecule has 1 aromatic carbocycles. The summed E-state index contributed by atoms with van der Waals surface area (Å²) in [6.07, 6.45) is 5.45. The number of rotatable bonds is 2. The Balaban J connectivity index is 1.44. The molecular weight excluding hydrogens is 352 g/mol. The van der Waals surface area contributed by atoms with E-state index in [1.807, 2.05) is 11.3 Å². The number of para-hydroxylation sites is 1. The second-order valence-electron chi connectivity index (χ2n) is 7.99. The van der Waals surface area contributed by atoms with Gasteiger partial charge < -0.3 is 9.80 Å². The van der Waals surface area contributed by atoms with E-state index in [1.165, 1.54) is 46.3 Å². The normalized spacial score (nSPS) is 20.1. The highest BCUT2D eigenvalue weighted by Crippen LogP contribution is 2.40. The molecule has 1 atom stereocenters. The lowest BCUT2D eigenvalue weighted by atomic mass is 9.88. The van der Waals surface area contributed by atoms with Crippen LogP contribution in [0.3, 0.4) is 0 Å². The van der Waals surface area contributed by atoms with Crippen molar-refractivity contribution in [2.45, 2.75) is 33.1 Å². The minimum Gasteiger partial charge on any atom is -0.368 e. The minimum atomic E-state index is 0.765. The molecule has 3 heterocycles. The molecule has 1 saturated heterocycles. The van der Waals surface area contributed by atoms with Gasteiger partial charge in [-0.15, -0.1) is 11.3 Å². The van der Waals surface area contributed by atoms with Crippen LogP contribution in [0.1, 0.15) is 29.3 Å². The topological polar surface area (TPSA) is 32.3 Å². The van der Waals surface area contributed by atoms with Gasteiger partial charge in [0, 0.05) is 36.7 Å². The van der Waals surface area contributed by atoms with Gasteiger partial charge in [0.05, 0.1) is 5.39 Å². The summed E-state index contributed by atoms with van der Waals surface area (Å²) in [4.78, 5) is 17.1. The van der Waals surface area contributed by atoms with Crippen LogP contribution in [0.2, 0.25) is 0 Å². The molecule has 1 fully saturated rings. The fourth-order valence-electron chi connectivity index (χ4n) is 4.58. The van der Waals surface area contributed by atoms with E-state index in [2.05, 4.69) is 52.9 Å². The molecule has 140 valence electrons. The summed E-state index contributed by atoms with van der Waals surface area (Å²) in [7, 11) is 0. The van der Waals surface area contributed by atoms with Crippen molar-refractivity contribution in [3.05, 3.63) is 46.6 Å². The van der Waals surface area contributed by atoms with Gasteiger partial charge in [-0.05, 0) is 49.3 Å². The van der Waals surface area contributed by atoms with Gasteiger partial charge in [-0.3, -0.25) is 0 Å². The Kier molecular flexibility index (Phi) is 4.27. The number of aryl methyl sites for hydroxylation is 2. The molecular formula is C22H26N4S. The number of fused-ring (bicyclic) bond motifs is 3. The Morgan fingerprint density at radius 3 is 2.63 bits per heavy atom. The summed E-state index contributed by atoms with van der Waals surface area (Å²) in [6.45, 7) is 8.69. The maximum Gasteiger partial charge on any atom is 0.141 e. The van der Waals surface area contributed by atoms with Crippen molar-refractivity contribution in [3.8, 4) is 0 Å². The van der Waals surface area contributed by atoms with Crippen LogP contribution in [0.25, 0.3) is 10.2 Å². The van der Waals surface area contributed by atoms with E-state index >= 15 is 0 Å². The van der Waals surface area contributed by atoms with E-state index < -0.39 is 0 Å². The summed E-state index contributed by atoms with van der Waals surface area (Å²) in [5.41, 5.74) is 4.26. The smallest absolute Gasteiger partial charge is 0.141 e. The van der Waals surface area contributed by atoms with Crippen molar-refractivity contribution in [3.63, 3.8) is 0 Å². The van der Waals surface area contributed by atoms with Crippen molar-refractivity contribution in [2.24, 2.45) is 5.92 Å². The van der Waals surface area contributed by atoms with E-state index in [0.717, 1.165) is 37.9 Å². The maximum atomic E-state index is 4.75. The van der Waals surface area contributed by atoms with Crippen LogP contribution < -0.4 is 9.80 Å². The number of hydrogen-bond acceptors (Lipinski definition) is 5. The zero-order chi connectivity index (χ0) is 18.4. The molecule has 2 aliphatic rings. The molecule has 3 aromatic rings. The summed E-state index contributed by atoms with van der Waals surface area (Å²) < 4.78 is 0. The lowest BCUT2D eigenvalue weighted by Gasteiger charge is -2.37. The minimum absolute atomic E-state index is 0.765. The van der Waals surface area contributed by atoms with Crippen molar-refractivity contribution in [2.75, 3.05) is 36.0 Å². The zero-order valence-corrected chi connectivity index (χ0v) is 16.9. The quantitative estimate of drug-likeness (QED) is 0.659. The van der Waals surface area contributed by atoms with Crippen molar-refractivity contribution < 1.29 is 0 Å². The Morgan fingerprint density at radius 2 is 1.81 bits per heavy atom. The van der Waals surface area contributed by atoms with Crippen molar-refractivity contribution in [1.82, 2.24) is 9.97 Å². The first kappa shape index (κ1) is 17.0. The van der Waals surface area contributed by atoms with Crippen LogP contribution in [-0.4, -0.2) is 36.1 Å². The van der Waals surface area contributed by atoms with Crippen LogP contribution in [0.15, 0.2) is 30.6 Å². The van der Waals surface area contributed by atoms with E-state index in [-0.39, 0.29) is 0 Å². The lowest BCUT2D eigenvalue weighted by Crippen LogP contribution is -2.47. The molecule has 27 heavy (non-hydrogen) atoms. The number of anilines is 2. The number of thiophene rings is 1. The predicted octanol–water partition coefficient (Wildman–Crippen LogP) is 4.45. The standard InChI is InChI=1S/C22H26N4S/c1-15-7-8-19-17(13-15)20-21(23-14-24-22(20)27-19)26-11-9-25(10-12-26)18-6-4-3-5-16(18)2/h3-6,14-15H,7-13H2,1-2H3. The lowest BCUT2D eigenvalue weighted by molar-refractivity contribution is 0.508. The second kappa shape index (κ2) is 6.79. The van der Waals surface area contributed by atoms with E-state index in [4.69, 9.17) is 4.98 Å². The molecule has 5 rings (SSSR count). The fourth-order valence-corrected chi connectivity index (χ4v) is 5.76. The third kappa shape index (κ3) is 2.98. The molecule has 0 N–H and O–H groups in total. The van der Waals surface area contributed by atoms with Crippen LogP contribution in [-0.2, 0) is 12.8 Å². The molecule has 1 aliphatic heterocycles. The number of piperazine rings is 1. The molecule has 0 amide bonds. The average molecular weight is 379 g/mol. The average Bonchev–Trinajstić information content (AvgIpc) is 3.06. The summed E-state index contributed by atoms with van der Waals surface area (Å²) in [6, 6.07) is 8.70. The molecule has 0 bridgehead atoms. The number of nitrogens with zero attached hydrogens (tertiary/aromatic N) is 4. The first-order valence-corrected chi connectivity index (χ1v) is 10.8. The van der Waals surface area contributed by atoms with E-state index in [9.17, 15) is 0 Å². The predicted molar refractivity (Wildman–Crippen MR) is 114 cm³/mol. The van der Waals surface area contributed by atoms with Gasteiger partial charge in [0.2, 0.25) is 0 Å². The molecule has 4 nitrogen and oxygen atoms in total. The van der Waals surface area contributed by atoms with Crippen LogP contribution in [0.5, 0.6) is 0 Å². The molecule has 2 aromatic heterocycles. The van der Waals surface area contributed by atoms with Gasteiger partial charge in [0.15, 0.2) is 0 Å². The number of benzene rings is 1. The SMILES string of the molecule is Cc1ccccc1N1CCN(c2ncnc3sc4c(c23)CC(C)CC4)CC1. The van der Waals surface area contributed by atoms with E-state index in [0.29, 0.717) is 0 Å². The molecule has 5 heteroatoms. The molecule has 0 spiro atoms. The van der Waals surface area contributed by atoms with Crippen molar-refractivity contribution >= 4 is 33.1 Å². The first-order chi connectivity index (χ1) is 13.2. The van der Waals surface area contributed by atoms with E-state index in [1.54, 1.807) is 11.2 Å². The van der Waals surface area contributed by atoms with Gasteiger partial charge in [-0.25, -0.2) is 9.97 Å². The van der Waals surface area contributed by atoms with Crippen LogP contribution in [0, 0.1) is 12.8 Å². The van der Waals surface area contributed by atoms with Gasteiger partial charge >= 0.3 is 0 Å². The number of aromatic nitrogens is 2. The second-order valence-corrected chi connectivity index (χ2v) is 9.07. The third-order valence-corrected chi connectivity index (χ3v) is 7.30. The Hall–Kier alpha value is -2.14. The van der Waals surface area contributed by atoms with Gasteiger partial charge in [-0.2, -0.15) is 0 Å². The Bertz CT molecular complexity index is 972. The summed E-state index contributed by atoms with van der Waals surface area (Å²) in [5.74, 6) is 1.93. The molecule has 0 saturated carbocycles. The van der Waals surface area contributed by atoms with Gasteiger partial charge in [0.1, 0.15) is 17.0 Å². The summed E-state index contributed by atoms with van der Waals surface area (Å²) in [5, 5.41) is 1.34. The monoisotopic (exact) mass is 378 g/mol. The van der Waals surface area contributed by atoms with Gasteiger partial charge in [-0.1, -0.05) is 25.1 Å². The largest absolute Gasteiger partial charge is 0.368 e. The molecule has 1 unspecified atom stereocenters. The van der Waals surface area contributed by atoms with Crippen molar-refractivity contribution in [1.29, 1.82) is 0 Å². The van der Waals surface area contributed by atoms with Gasteiger partial charge in [0.25, 0.3) is 0 Å². The maximum absolute atomic E-state index is 4.75. The first-order valence-electron chi connectivity index (χ1n) is 10.0. The zero-order valence-electron chi connectivity index (χ0n) is 16.1. The van der Waals surface area contributed by atoms with Crippen LogP contribution in [0.4, 0.5) is 11.5 Å². The highest BCUT2D eigenvalue weighted by atomic mass is 32.1. The van der Waals surface area contributed by atoms with Crippen LogP contribution >= 0.6 is 11.3 Å². The molecule has 1 aliphatic carbocycles. The molecule has 0 radical (unpaired) electrons.